The third-order valence-corrected chi connectivity index (χ3v) is 10.9. The monoisotopic (exact) mass is 741 g/mol. The van der Waals surface area contributed by atoms with Crippen molar-refractivity contribution in [1.82, 2.24) is 15.5 Å². The molecule has 5 heterocycles. The largest absolute Gasteiger partial charge is 0.356 e. The molecule has 0 amide bonds. The van der Waals surface area contributed by atoms with E-state index in [4.69, 9.17) is 13.6 Å². The molecule has 0 saturated heterocycles. The summed E-state index contributed by atoms with van der Waals surface area (Å²) in [5.41, 5.74) is 12.1. The summed E-state index contributed by atoms with van der Waals surface area (Å²) in [7, 11) is 0. The second-order valence-corrected chi connectivity index (χ2v) is 15.6. The first kappa shape index (κ1) is 36.0. The molecule has 0 aliphatic heterocycles. The lowest BCUT2D eigenvalue weighted by molar-refractivity contribution is 0.457. The van der Waals surface area contributed by atoms with Crippen molar-refractivity contribution < 1.29 is 18.0 Å². The van der Waals surface area contributed by atoms with Crippen LogP contribution >= 0.6 is 22.7 Å². The standard InChI is InChI=1S/C16H14FNO.2C14H13NOS/c1-10(2)11-3-5-12(6-4-11)16-14-8-7-13(17)9-15(14)19-18-16;1-9(2)10-3-5-11(6-4-10)13-14-12(16-15-13)7-8-17-14;1-9(2)10-4-3-5-11(8-10)13-14-12(16-15-13)6-7-17-14/h3-10H,1-2H3;2*3-9H,1-2H3. The van der Waals surface area contributed by atoms with Gasteiger partial charge in [-0.25, -0.2) is 4.39 Å². The van der Waals surface area contributed by atoms with Gasteiger partial charge in [0.05, 0.1) is 0 Å². The number of hydrogen-bond donors (Lipinski definition) is 0. The smallest absolute Gasteiger partial charge is 0.178 e. The highest BCUT2D eigenvalue weighted by atomic mass is 32.1. The van der Waals surface area contributed by atoms with Crippen LogP contribution in [0.4, 0.5) is 4.39 Å². The first-order chi connectivity index (χ1) is 25.7. The lowest BCUT2D eigenvalue weighted by Gasteiger charge is -2.06. The molecule has 0 spiro atoms. The number of thiophene rings is 2. The summed E-state index contributed by atoms with van der Waals surface area (Å²) in [5, 5.41) is 17.2. The Morgan fingerprint density at radius 2 is 0.962 bits per heavy atom. The maximum absolute atomic E-state index is 13.1. The molecule has 0 aliphatic carbocycles. The molecule has 0 saturated carbocycles. The first-order valence-corrected chi connectivity index (χ1v) is 19.4. The van der Waals surface area contributed by atoms with E-state index in [2.05, 4.69) is 118 Å². The molecule has 4 aromatic carbocycles. The Hall–Kier alpha value is -5.38. The number of fused-ring (bicyclic) bond motifs is 3. The summed E-state index contributed by atoms with van der Waals surface area (Å²) in [4.78, 5) is 0. The molecule has 0 N–H and O–H groups in total. The fourth-order valence-electron chi connectivity index (χ4n) is 5.94. The summed E-state index contributed by atoms with van der Waals surface area (Å²) in [5.74, 6) is 1.27. The Bertz CT molecular complexity index is 2570. The van der Waals surface area contributed by atoms with E-state index in [1.165, 1.54) is 28.8 Å². The van der Waals surface area contributed by atoms with Gasteiger partial charge in [0.1, 0.15) is 32.3 Å². The normalized spacial score (nSPS) is 11.4. The van der Waals surface area contributed by atoms with E-state index in [-0.39, 0.29) is 5.82 Å². The van der Waals surface area contributed by atoms with Gasteiger partial charge >= 0.3 is 0 Å². The SMILES string of the molecule is CC(C)c1ccc(-c2noc3cc(F)ccc23)cc1.CC(C)c1ccc(-c2noc3ccsc23)cc1.CC(C)c1cccc(-c2noc3ccsc23)c1. The Balaban J connectivity index is 0.000000123. The van der Waals surface area contributed by atoms with Gasteiger partial charge in [0, 0.05) is 28.1 Å². The van der Waals surface area contributed by atoms with Gasteiger partial charge < -0.3 is 13.6 Å². The molecule has 6 nitrogen and oxygen atoms in total. The maximum atomic E-state index is 13.1. The van der Waals surface area contributed by atoms with Crippen molar-refractivity contribution in [2.45, 2.75) is 59.3 Å². The van der Waals surface area contributed by atoms with Gasteiger partial charge in [-0.15, -0.1) is 22.7 Å². The molecular weight excluding hydrogens is 702 g/mol. The highest BCUT2D eigenvalue weighted by Crippen LogP contribution is 2.34. The van der Waals surface area contributed by atoms with E-state index >= 15 is 0 Å². The number of nitrogens with zero attached hydrogens (tertiary/aromatic N) is 3. The van der Waals surface area contributed by atoms with Gasteiger partial charge in [-0.2, -0.15) is 0 Å². The van der Waals surface area contributed by atoms with Gasteiger partial charge in [-0.1, -0.05) is 124 Å². The van der Waals surface area contributed by atoms with Gasteiger partial charge in [-0.3, -0.25) is 0 Å². The Morgan fingerprint density at radius 3 is 1.51 bits per heavy atom. The summed E-state index contributed by atoms with van der Waals surface area (Å²) < 4.78 is 31.1. The molecule has 9 heteroatoms. The molecule has 0 radical (unpaired) electrons. The van der Waals surface area contributed by atoms with Crippen molar-refractivity contribution >= 4 is 54.2 Å². The molecule has 0 fully saturated rings. The fourth-order valence-corrected chi connectivity index (χ4v) is 7.57. The van der Waals surface area contributed by atoms with Crippen LogP contribution < -0.4 is 0 Å². The van der Waals surface area contributed by atoms with Crippen LogP contribution in [-0.4, -0.2) is 15.5 Å². The van der Waals surface area contributed by atoms with Crippen molar-refractivity contribution in [2.75, 3.05) is 0 Å². The Morgan fingerprint density at radius 1 is 0.472 bits per heavy atom. The number of rotatable bonds is 6. The number of hydrogen-bond acceptors (Lipinski definition) is 8. The van der Waals surface area contributed by atoms with Crippen LogP contribution in [0.15, 0.2) is 127 Å². The molecule has 5 aromatic heterocycles. The molecule has 0 aliphatic rings. The highest BCUT2D eigenvalue weighted by Gasteiger charge is 2.14. The van der Waals surface area contributed by atoms with E-state index < -0.39 is 0 Å². The molecule has 9 aromatic rings. The summed E-state index contributed by atoms with van der Waals surface area (Å²) in [6.07, 6.45) is 0. The van der Waals surface area contributed by atoms with Crippen LogP contribution in [0.5, 0.6) is 0 Å². The maximum Gasteiger partial charge on any atom is 0.178 e. The molecule has 268 valence electrons. The zero-order chi connectivity index (χ0) is 37.1. The van der Waals surface area contributed by atoms with Gasteiger partial charge in [0.25, 0.3) is 0 Å². The van der Waals surface area contributed by atoms with E-state index in [1.807, 2.05) is 35.0 Å². The average Bonchev–Trinajstić information content (AvgIpc) is 4.00. The average molecular weight is 742 g/mol. The summed E-state index contributed by atoms with van der Waals surface area (Å²) in [6.45, 7) is 13.1. The number of halogens is 1. The lowest BCUT2D eigenvalue weighted by atomic mass is 10.00. The van der Waals surface area contributed by atoms with Crippen LogP contribution in [0.2, 0.25) is 0 Å². The van der Waals surface area contributed by atoms with E-state index in [0.717, 1.165) is 59.7 Å². The second kappa shape index (κ2) is 15.7. The third-order valence-electron chi connectivity index (χ3n) is 9.12. The molecule has 0 unspecified atom stereocenters. The number of aromatic nitrogens is 3. The van der Waals surface area contributed by atoms with Crippen LogP contribution in [0.1, 0.15) is 76.0 Å². The highest BCUT2D eigenvalue weighted by molar-refractivity contribution is 7.18. The minimum Gasteiger partial charge on any atom is -0.356 e. The first-order valence-electron chi connectivity index (χ1n) is 17.7. The van der Waals surface area contributed by atoms with E-state index in [0.29, 0.717) is 23.3 Å². The minimum absolute atomic E-state index is 0.314. The van der Waals surface area contributed by atoms with Gasteiger partial charge in [0.2, 0.25) is 0 Å². The van der Waals surface area contributed by atoms with Crippen molar-refractivity contribution in [1.29, 1.82) is 0 Å². The van der Waals surface area contributed by atoms with Crippen molar-refractivity contribution in [3.63, 3.8) is 0 Å². The Kier molecular flexibility index (Phi) is 10.7. The molecule has 53 heavy (non-hydrogen) atoms. The molecule has 0 atom stereocenters. The quantitative estimate of drug-likeness (QED) is 0.169. The molecule has 0 bridgehead atoms. The van der Waals surface area contributed by atoms with Crippen LogP contribution in [-0.2, 0) is 0 Å². The lowest BCUT2D eigenvalue weighted by Crippen LogP contribution is -1.87. The summed E-state index contributed by atoms with van der Waals surface area (Å²) >= 11 is 3.34. The van der Waals surface area contributed by atoms with Gasteiger partial charge in [-0.05, 0) is 75.5 Å². The zero-order valence-corrected chi connectivity index (χ0v) is 32.1. The van der Waals surface area contributed by atoms with Crippen molar-refractivity contribution in [3.05, 3.63) is 136 Å². The van der Waals surface area contributed by atoms with Crippen LogP contribution in [0.3, 0.4) is 0 Å². The zero-order valence-electron chi connectivity index (χ0n) is 30.5. The van der Waals surface area contributed by atoms with Gasteiger partial charge in [0.15, 0.2) is 16.7 Å². The van der Waals surface area contributed by atoms with E-state index in [9.17, 15) is 4.39 Å². The van der Waals surface area contributed by atoms with Crippen LogP contribution in [0, 0.1) is 5.82 Å². The fraction of sp³-hybridized carbons (Fsp3) is 0.205. The van der Waals surface area contributed by atoms with Crippen molar-refractivity contribution in [2.24, 2.45) is 0 Å². The minimum atomic E-state index is -0.314. The topological polar surface area (TPSA) is 78.1 Å². The predicted octanol–water partition coefficient (Wildman–Crippen LogP) is 14.1. The second-order valence-electron chi connectivity index (χ2n) is 13.8. The third kappa shape index (κ3) is 7.87. The number of benzene rings is 4. The van der Waals surface area contributed by atoms with Crippen LogP contribution in [0.25, 0.3) is 65.3 Å². The van der Waals surface area contributed by atoms with E-state index in [1.54, 1.807) is 28.7 Å². The molecule has 9 rings (SSSR count). The summed E-state index contributed by atoms with van der Waals surface area (Å²) in [6, 6.07) is 33.7. The predicted molar refractivity (Wildman–Crippen MR) is 216 cm³/mol. The molecular formula is C44H40FN3O3S2. The Labute approximate surface area is 315 Å². The van der Waals surface area contributed by atoms with Crippen molar-refractivity contribution in [3.8, 4) is 33.8 Å².